The number of hydrogen-bond acceptors (Lipinski definition) is 5. The first kappa shape index (κ1) is 12.0. The predicted molar refractivity (Wildman–Crippen MR) is 92.7 cm³/mol. The van der Waals surface area contributed by atoms with Gasteiger partial charge in [0.15, 0.2) is 23.0 Å². The van der Waals surface area contributed by atoms with Crippen LogP contribution >= 0.6 is 0 Å². The number of fused-ring (bicyclic) bond motifs is 5. The van der Waals surface area contributed by atoms with Gasteiger partial charge in [0.1, 0.15) is 0 Å². The highest BCUT2D eigenvalue weighted by molar-refractivity contribution is 5.55. The number of rotatable bonds is 2. The SMILES string of the molecule is [2H]C([2H])([2H])Oc1c(OC)ccc2c1CN1CCc3cc4c(cc3C1C2)OCO4. The molecule has 0 radical (unpaired) electrons. The number of benzene rings is 2. The second-order valence-electron chi connectivity index (χ2n) is 6.68. The molecule has 0 N–H and O–H groups in total. The van der Waals surface area contributed by atoms with Gasteiger partial charge < -0.3 is 18.9 Å². The summed E-state index contributed by atoms with van der Waals surface area (Å²) in [6.45, 7) is 1.78. The van der Waals surface area contributed by atoms with Gasteiger partial charge in [-0.25, -0.2) is 0 Å². The molecule has 0 aliphatic carbocycles. The molecule has 0 bridgehead atoms. The van der Waals surface area contributed by atoms with E-state index in [0.717, 1.165) is 42.0 Å². The van der Waals surface area contributed by atoms with Crippen molar-refractivity contribution in [3.05, 3.63) is 46.5 Å². The van der Waals surface area contributed by atoms with E-state index in [0.29, 0.717) is 18.0 Å². The van der Waals surface area contributed by atoms with Gasteiger partial charge in [-0.05, 0) is 47.7 Å². The summed E-state index contributed by atoms with van der Waals surface area (Å²) in [5.74, 6) is 2.40. The van der Waals surface area contributed by atoms with Gasteiger partial charge in [-0.15, -0.1) is 0 Å². The Morgan fingerprint density at radius 3 is 2.88 bits per heavy atom. The maximum atomic E-state index is 7.52. The van der Waals surface area contributed by atoms with Crippen molar-refractivity contribution in [3.63, 3.8) is 0 Å². The summed E-state index contributed by atoms with van der Waals surface area (Å²) in [5.41, 5.74) is 4.54. The third-order valence-corrected chi connectivity index (χ3v) is 5.52. The number of hydrogen-bond donors (Lipinski definition) is 0. The van der Waals surface area contributed by atoms with Crippen molar-refractivity contribution in [1.29, 1.82) is 0 Å². The first-order valence-corrected chi connectivity index (χ1v) is 8.47. The maximum Gasteiger partial charge on any atom is 0.231 e. The molecule has 2 aromatic rings. The summed E-state index contributed by atoms with van der Waals surface area (Å²) in [6, 6.07) is 8.22. The topological polar surface area (TPSA) is 40.2 Å². The fraction of sp³-hybridized carbons (Fsp3) is 0.400. The zero-order valence-corrected chi connectivity index (χ0v) is 14.0. The molecule has 2 aromatic carbocycles. The standard InChI is InChI=1S/C20H21NO4/c1-22-17-4-3-12-7-16-14-9-19-18(24-11-25-19)8-13(14)5-6-21(16)10-15(12)20(17)23-2/h3-4,8-9,16H,5-7,10-11H2,1-2H3/i2D3. The van der Waals surface area contributed by atoms with E-state index in [1.165, 1.54) is 18.2 Å². The fourth-order valence-corrected chi connectivity index (χ4v) is 4.27. The lowest BCUT2D eigenvalue weighted by Crippen LogP contribution is -2.39. The largest absolute Gasteiger partial charge is 0.493 e. The van der Waals surface area contributed by atoms with E-state index in [2.05, 4.69) is 17.0 Å². The minimum atomic E-state index is -2.52. The predicted octanol–water partition coefficient (Wildman–Crippen LogP) is 3.09. The smallest absolute Gasteiger partial charge is 0.231 e. The van der Waals surface area contributed by atoms with Crippen molar-refractivity contribution in [2.75, 3.05) is 27.5 Å². The Hall–Kier alpha value is -2.40. The Morgan fingerprint density at radius 2 is 2.04 bits per heavy atom. The van der Waals surface area contributed by atoms with E-state index < -0.39 is 7.04 Å². The van der Waals surface area contributed by atoms with E-state index in [1.54, 1.807) is 6.07 Å². The zero-order valence-electron chi connectivity index (χ0n) is 17.0. The van der Waals surface area contributed by atoms with Crippen LogP contribution in [0.1, 0.15) is 32.4 Å². The summed E-state index contributed by atoms with van der Waals surface area (Å²) in [5, 5.41) is 0. The van der Waals surface area contributed by atoms with Crippen LogP contribution in [0.4, 0.5) is 0 Å². The Morgan fingerprint density at radius 1 is 1.16 bits per heavy atom. The van der Waals surface area contributed by atoms with E-state index >= 15 is 0 Å². The van der Waals surface area contributed by atoms with Crippen molar-refractivity contribution in [3.8, 4) is 23.0 Å². The van der Waals surface area contributed by atoms with Gasteiger partial charge in [-0.2, -0.15) is 0 Å². The van der Waals surface area contributed by atoms with Gasteiger partial charge in [0.05, 0.1) is 18.3 Å². The third kappa shape index (κ3) is 2.19. The quantitative estimate of drug-likeness (QED) is 0.839. The molecule has 0 saturated heterocycles. The summed E-state index contributed by atoms with van der Waals surface area (Å²) in [6.07, 6.45) is 1.70. The van der Waals surface area contributed by atoms with Crippen LogP contribution < -0.4 is 18.9 Å². The molecule has 3 aliphatic rings. The molecule has 3 heterocycles. The van der Waals surface area contributed by atoms with Crippen LogP contribution in [0.3, 0.4) is 0 Å². The van der Waals surface area contributed by atoms with Crippen molar-refractivity contribution in [2.45, 2.75) is 25.4 Å². The normalized spacial score (nSPS) is 22.8. The van der Waals surface area contributed by atoms with Gasteiger partial charge in [-0.1, -0.05) is 6.07 Å². The van der Waals surface area contributed by atoms with Crippen molar-refractivity contribution < 1.29 is 23.1 Å². The van der Waals surface area contributed by atoms with Crippen LogP contribution in [-0.4, -0.2) is 32.4 Å². The Labute approximate surface area is 151 Å². The summed E-state index contributed by atoms with van der Waals surface area (Å²) >= 11 is 0. The van der Waals surface area contributed by atoms with Crippen LogP contribution in [0.2, 0.25) is 0 Å². The molecule has 5 rings (SSSR count). The summed E-state index contributed by atoms with van der Waals surface area (Å²) in [4.78, 5) is 2.37. The average molecular weight is 342 g/mol. The van der Waals surface area contributed by atoms with Gasteiger partial charge >= 0.3 is 0 Å². The fourth-order valence-electron chi connectivity index (χ4n) is 4.27. The van der Waals surface area contributed by atoms with Crippen LogP contribution in [0.5, 0.6) is 23.0 Å². The second kappa shape index (κ2) is 5.56. The molecule has 0 fully saturated rings. The lowest BCUT2D eigenvalue weighted by Gasteiger charge is -2.42. The molecule has 25 heavy (non-hydrogen) atoms. The monoisotopic (exact) mass is 342 g/mol. The molecule has 3 aliphatic heterocycles. The first-order chi connectivity index (χ1) is 13.4. The van der Waals surface area contributed by atoms with Gasteiger partial charge in [0.2, 0.25) is 6.79 Å². The molecule has 5 heteroatoms. The Bertz CT molecular complexity index is 944. The summed E-state index contributed by atoms with van der Waals surface area (Å²) < 4.78 is 44.4. The lowest BCUT2D eigenvalue weighted by atomic mass is 9.83. The number of nitrogens with zero attached hydrogens (tertiary/aromatic N) is 1. The summed E-state index contributed by atoms with van der Waals surface area (Å²) in [7, 11) is -0.995. The first-order valence-electron chi connectivity index (χ1n) is 9.97. The third-order valence-electron chi connectivity index (χ3n) is 5.52. The zero-order chi connectivity index (χ0) is 19.5. The maximum absolute atomic E-state index is 7.52. The van der Waals surface area contributed by atoms with E-state index in [1.807, 2.05) is 6.07 Å². The van der Waals surface area contributed by atoms with Crippen LogP contribution in [0, 0.1) is 0 Å². The second-order valence-corrected chi connectivity index (χ2v) is 6.68. The number of methoxy groups -OCH3 is 2. The van der Waals surface area contributed by atoms with Crippen LogP contribution in [-0.2, 0) is 19.4 Å². The molecule has 1 atom stereocenters. The molecule has 0 aromatic heterocycles. The molecule has 0 amide bonds. The van der Waals surface area contributed by atoms with E-state index in [9.17, 15) is 0 Å². The van der Waals surface area contributed by atoms with E-state index in [4.69, 9.17) is 23.1 Å². The lowest BCUT2D eigenvalue weighted by molar-refractivity contribution is 0.157. The molecule has 0 saturated carbocycles. The molecule has 0 spiro atoms. The Balaban J connectivity index is 1.55. The van der Waals surface area contributed by atoms with Gasteiger partial charge in [0.25, 0.3) is 0 Å². The van der Waals surface area contributed by atoms with Gasteiger partial charge in [0, 0.05) is 24.7 Å². The van der Waals surface area contributed by atoms with Crippen molar-refractivity contribution in [2.24, 2.45) is 0 Å². The highest BCUT2D eigenvalue weighted by atomic mass is 16.7. The molecule has 5 nitrogen and oxygen atoms in total. The minimum Gasteiger partial charge on any atom is -0.493 e. The number of ether oxygens (including phenoxy) is 4. The highest BCUT2D eigenvalue weighted by Gasteiger charge is 2.35. The van der Waals surface area contributed by atoms with E-state index in [-0.39, 0.29) is 12.8 Å². The Kier molecular flexibility index (Phi) is 2.68. The van der Waals surface area contributed by atoms with Crippen LogP contribution in [0.15, 0.2) is 24.3 Å². The van der Waals surface area contributed by atoms with Gasteiger partial charge in [-0.3, -0.25) is 4.90 Å². The average Bonchev–Trinajstić information content (AvgIpc) is 3.11. The van der Waals surface area contributed by atoms with Crippen LogP contribution in [0.25, 0.3) is 0 Å². The molecule has 130 valence electrons. The highest BCUT2D eigenvalue weighted by Crippen LogP contribution is 2.46. The van der Waals surface area contributed by atoms with Crippen molar-refractivity contribution in [1.82, 2.24) is 4.90 Å². The molecular formula is C20H21NO4. The van der Waals surface area contributed by atoms with Crippen molar-refractivity contribution >= 4 is 0 Å². The molecular weight excluding hydrogens is 318 g/mol. The minimum absolute atomic E-state index is 0.222. The molecule has 1 unspecified atom stereocenters.